The molecule has 1 atom stereocenters. The van der Waals surface area contributed by atoms with Crippen LogP contribution in [0.2, 0.25) is 0 Å². The Balaban J connectivity index is 0.000000388. The number of nitrogens with zero attached hydrogens (tertiary/aromatic N) is 7. The number of nitrogens with two attached hydrogens (primary N) is 1. The molecule has 5 heterocycles. The van der Waals surface area contributed by atoms with E-state index in [1.165, 1.54) is 22.4 Å². The Hall–Kier alpha value is -6.73. The van der Waals surface area contributed by atoms with Gasteiger partial charge in [0.25, 0.3) is 0 Å². The summed E-state index contributed by atoms with van der Waals surface area (Å²) in [4.78, 5) is 69.2. The van der Waals surface area contributed by atoms with Crippen LogP contribution >= 0.6 is 11.8 Å². The maximum Gasteiger partial charge on any atom is 0.242 e. The van der Waals surface area contributed by atoms with E-state index in [0.717, 1.165) is 80.1 Å². The molecule has 1 saturated heterocycles. The summed E-state index contributed by atoms with van der Waals surface area (Å²) in [6.07, 6.45) is 17.1. The minimum atomic E-state index is -0.453. The number of likely N-dealkylation sites (N-methyl/N-ethyl adjacent to an activating group) is 1. The minimum absolute atomic E-state index is 0.00216. The number of amides is 4. The van der Waals surface area contributed by atoms with Crippen molar-refractivity contribution >= 4 is 69.5 Å². The number of hydrogen-bond acceptors (Lipinski definition) is 14. The number of likely N-dealkylation sites (tertiary alicyclic amines) is 1. The van der Waals surface area contributed by atoms with E-state index in [4.69, 9.17) is 10.7 Å². The molecule has 3 aromatic heterocycles. The number of fused-ring (bicyclic) bond motifs is 1. The highest BCUT2D eigenvalue weighted by Crippen LogP contribution is 2.33. The molecule has 7 rings (SSSR count). The molecule has 0 spiro atoms. The number of carbonyl (C=O) groups is 4. The maximum atomic E-state index is 12.4. The zero-order valence-corrected chi connectivity index (χ0v) is 42.8. The van der Waals surface area contributed by atoms with Crippen LogP contribution in [0.4, 0.5) is 23.0 Å². The van der Waals surface area contributed by atoms with Gasteiger partial charge >= 0.3 is 0 Å². The minimum Gasteiger partial charge on any atom is -0.391 e. The Labute approximate surface area is 422 Å². The third-order valence-corrected chi connectivity index (χ3v) is 12.5. The average Bonchev–Trinajstić information content (AvgIpc) is 4.14. The summed E-state index contributed by atoms with van der Waals surface area (Å²) < 4.78 is 1.87. The van der Waals surface area contributed by atoms with E-state index in [2.05, 4.69) is 86.3 Å². The summed E-state index contributed by atoms with van der Waals surface area (Å²) in [6.45, 7) is 11.3. The van der Waals surface area contributed by atoms with E-state index in [1.807, 2.05) is 72.0 Å². The highest BCUT2D eigenvalue weighted by Gasteiger charge is 2.24. The number of anilines is 4. The SMILES string of the molecule is CC(C)C.CC1=C(c2ccc(CNC=O)cc2)SCN1.CN(CCNC(=O)CCCCCCCCCC(=O)NCC(=O)N1CCC(O)C1)c1ccc(Nc2nc(-c3cncc(N)n3)cn3ccnc23)cc1. The molecule has 1 unspecified atom stereocenters. The number of nitrogens with one attached hydrogen (secondary N) is 5. The number of carbonyl (C=O) groups excluding carboxylic acids is 4. The number of allylic oxidation sites excluding steroid dienone is 1. The summed E-state index contributed by atoms with van der Waals surface area (Å²) in [6, 6.07) is 16.3. The van der Waals surface area contributed by atoms with Gasteiger partial charge in [-0.05, 0) is 67.5 Å². The number of aromatic nitrogens is 5. The van der Waals surface area contributed by atoms with Crippen molar-refractivity contribution in [2.24, 2.45) is 5.92 Å². The van der Waals surface area contributed by atoms with Crippen molar-refractivity contribution in [3.63, 3.8) is 0 Å². The van der Waals surface area contributed by atoms with Crippen molar-refractivity contribution in [2.75, 3.05) is 61.6 Å². The molecule has 18 nitrogen and oxygen atoms in total. The lowest BCUT2D eigenvalue weighted by Crippen LogP contribution is -2.39. The number of unbranched alkanes of at least 4 members (excludes halogenated alkanes) is 6. The molecule has 382 valence electrons. The Kier molecular flexibility index (Phi) is 22.9. The molecule has 2 aromatic carbocycles. The third kappa shape index (κ3) is 19.2. The lowest BCUT2D eigenvalue weighted by atomic mass is 10.1. The molecular formula is C52H73N13O5S. The molecule has 8 N–H and O–H groups in total. The molecular weight excluding hydrogens is 919 g/mol. The van der Waals surface area contributed by atoms with Crippen LogP contribution in [0.5, 0.6) is 0 Å². The van der Waals surface area contributed by atoms with Gasteiger partial charge in [0.05, 0.1) is 30.9 Å². The molecule has 2 aliphatic heterocycles. The summed E-state index contributed by atoms with van der Waals surface area (Å²) in [7, 11) is 2.00. The first kappa shape index (κ1) is 55.2. The molecule has 71 heavy (non-hydrogen) atoms. The standard InChI is InChI=1S/C36H49N11O4.C12H14N2OS.C4H10/c1-45(19-16-39-32(49)9-7-5-3-2-4-6-8-10-33(50)41-23-34(51)46-18-15-28(48)24-46)27-13-11-26(12-14-27)42-35-36-40-17-20-47(36)25-30(44-35)29-21-38-22-31(37)43-29;1-9-12(16-8-14-9)11-4-2-10(3-5-11)6-13-7-15;1-4(2)3/h11-14,17,20-22,25,28,48H,2-10,15-16,18-19,23-24H2,1H3,(H2,37,43)(H,39,49)(H,41,50)(H,42,44);2-5,7,14H,6,8H2,1H3,(H,13,15);4H,1-3H3. The van der Waals surface area contributed by atoms with Gasteiger partial charge in [-0.2, -0.15) is 0 Å². The first-order chi connectivity index (χ1) is 34.3. The van der Waals surface area contributed by atoms with Crippen LogP contribution in [-0.2, 0) is 25.7 Å². The lowest BCUT2D eigenvalue weighted by Gasteiger charge is -2.20. The Bertz CT molecular complexity index is 2480. The van der Waals surface area contributed by atoms with Crippen molar-refractivity contribution in [3.8, 4) is 11.4 Å². The summed E-state index contributed by atoms with van der Waals surface area (Å²) in [5.41, 5.74) is 13.1. The quantitative estimate of drug-likeness (QED) is 0.0262. The molecule has 19 heteroatoms. The second-order valence-electron chi connectivity index (χ2n) is 18.3. The third-order valence-electron chi connectivity index (χ3n) is 11.4. The first-order valence-corrected chi connectivity index (χ1v) is 25.6. The number of benzene rings is 2. The molecule has 0 radical (unpaired) electrons. The number of nitrogen functional groups attached to an aromatic ring is 1. The average molecular weight is 992 g/mol. The monoisotopic (exact) mass is 992 g/mol. The van der Waals surface area contributed by atoms with Gasteiger partial charge in [0.1, 0.15) is 17.2 Å². The first-order valence-electron chi connectivity index (χ1n) is 24.6. The van der Waals surface area contributed by atoms with E-state index >= 15 is 0 Å². The van der Waals surface area contributed by atoms with Gasteiger partial charge < -0.3 is 51.6 Å². The van der Waals surface area contributed by atoms with Gasteiger partial charge in [-0.25, -0.2) is 15.0 Å². The number of thioether (sulfide) groups is 1. The van der Waals surface area contributed by atoms with Gasteiger partial charge in [-0.3, -0.25) is 24.2 Å². The van der Waals surface area contributed by atoms with Gasteiger partial charge in [0, 0.05) is 93.2 Å². The second-order valence-corrected chi connectivity index (χ2v) is 19.3. The molecule has 0 aliphatic carbocycles. The molecule has 0 bridgehead atoms. The fraction of sp³-hybridized carbons (Fsp3) is 0.462. The number of aliphatic hydroxyl groups is 1. The normalized spacial score (nSPS) is 14.0. The van der Waals surface area contributed by atoms with Crippen LogP contribution in [0.3, 0.4) is 0 Å². The molecule has 4 amide bonds. The maximum absolute atomic E-state index is 12.4. The number of β-amino-alcohol motifs (C(OH)–C–C–N with tert-alkyl or cyclic N) is 1. The van der Waals surface area contributed by atoms with E-state index in [0.29, 0.717) is 80.7 Å². The zero-order chi connectivity index (χ0) is 51.0. The Morgan fingerprint density at radius 2 is 1.61 bits per heavy atom. The van der Waals surface area contributed by atoms with Gasteiger partial charge in [0.15, 0.2) is 11.5 Å². The molecule has 1 fully saturated rings. The van der Waals surface area contributed by atoms with Crippen LogP contribution < -0.4 is 37.2 Å². The smallest absolute Gasteiger partial charge is 0.242 e. The highest BCUT2D eigenvalue weighted by atomic mass is 32.2. The summed E-state index contributed by atoms with van der Waals surface area (Å²) in [5.74, 6) is 2.51. The Morgan fingerprint density at radius 3 is 2.23 bits per heavy atom. The van der Waals surface area contributed by atoms with E-state index in [-0.39, 0.29) is 24.3 Å². The highest BCUT2D eigenvalue weighted by molar-refractivity contribution is 8.08. The van der Waals surface area contributed by atoms with Crippen LogP contribution in [0.15, 0.2) is 85.2 Å². The van der Waals surface area contributed by atoms with E-state index in [9.17, 15) is 24.3 Å². The molecule has 5 aromatic rings. The van der Waals surface area contributed by atoms with Crippen molar-refractivity contribution < 1.29 is 24.3 Å². The number of aliphatic hydroxyl groups excluding tert-OH is 1. The topological polar surface area (TPSA) is 237 Å². The van der Waals surface area contributed by atoms with Gasteiger partial charge in [-0.1, -0.05) is 77.1 Å². The van der Waals surface area contributed by atoms with Crippen molar-refractivity contribution in [3.05, 3.63) is 96.3 Å². The van der Waals surface area contributed by atoms with E-state index in [1.54, 1.807) is 17.3 Å². The van der Waals surface area contributed by atoms with E-state index < -0.39 is 6.10 Å². The molecule has 2 aliphatic rings. The van der Waals surface area contributed by atoms with Crippen molar-refractivity contribution in [1.82, 2.24) is 50.5 Å². The van der Waals surface area contributed by atoms with Crippen LogP contribution in [0, 0.1) is 5.92 Å². The lowest BCUT2D eigenvalue weighted by molar-refractivity contribution is -0.132. The van der Waals surface area contributed by atoms with Crippen LogP contribution in [-0.4, -0.2) is 110 Å². The predicted octanol–water partition coefficient (Wildman–Crippen LogP) is 6.86. The van der Waals surface area contributed by atoms with Crippen molar-refractivity contribution in [1.29, 1.82) is 0 Å². The molecule has 0 saturated carbocycles. The van der Waals surface area contributed by atoms with Crippen LogP contribution in [0.1, 0.15) is 103 Å². The fourth-order valence-corrected chi connectivity index (χ4v) is 8.62. The Morgan fingerprint density at radius 1 is 0.930 bits per heavy atom. The van der Waals surface area contributed by atoms with Crippen LogP contribution in [0.25, 0.3) is 21.9 Å². The number of hydrogen-bond donors (Lipinski definition) is 7. The van der Waals surface area contributed by atoms with Gasteiger partial charge in [-0.15, -0.1) is 11.8 Å². The second kappa shape index (κ2) is 29.5. The zero-order valence-electron chi connectivity index (χ0n) is 42.0. The fourth-order valence-electron chi connectivity index (χ4n) is 7.60. The summed E-state index contributed by atoms with van der Waals surface area (Å²) in [5, 5.41) is 24.6. The number of imidazole rings is 1. The predicted molar refractivity (Wildman–Crippen MR) is 284 cm³/mol. The summed E-state index contributed by atoms with van der Waals surface area (Å²) >= 11 is 1.82. The number of rotatable bonds is 23. The van der Waals surface area contributed by atoms with Gasteiger partial charge in [0.2, 0.25) is 24.1 Å². The largest absolute Gasteiger partial charge is 0.391 e. The van der Waals surface area contributed by atoms with Crippen molar-refractivity contribution in [2.45, 2.75) is 105 Å².